The molecule has 0 aromatic heterocycles. The topological polar surface area (TPSA) is 92.5 Å². The average Bonchev–Trinajstić information content (AvgIpc) is 2.39. The van der Waals surface area contributed by atoms with Crippen LogP contribution in [0.1, 0.15) is 6.42 Å². The first kappa shape index (κ1) is 6.95. The van der Waals surface area contributed by atoms with Crippen molar-refractivity contribution in [1.82, 2.24) is 0 Å². The summed E-state index contributed by atoms with van der Waals surface area (Å²) < 4.78 is 0. The summed E-state index contributed by atoms with van der Waals surface area (Å²) in [6.45, 7) is -0.0647. The fourth-order valence-corrected chi connectivity index (χ4v) is 0.953. The van der Waals surface area contributed by atoms with E-state index in [1.807, 2.05) is 0 Å². The molecule has 1 aliphatic rings. The van der Waals surface area contributed by atoms with Crippen LogP contribution in [0.4, 0.5) is 0 Å². The van der Waals surface area contributed by atoms with Crippen molar-refractivity contribution in [3.63, 3.8) is 0 Å². The van der Waals surface area contributed by atoms with E-state index in [4.69, 9.17) is 16.6 Å². The van der Waals surface area contributed by atoms with E-state index in [0.717, 1.165) is 0 Å². The minimum absolute atomic E-state index is 0.226. The molecule has 54 valence electrons. The molecule has 9 heavy (non-hydrogen) atoms. The highest BCUT2D eigenvalue weighted by molar-refractivity contribution is 5.22. The number of hydrogen-bond acceptors (Lipinski definition) is 4. The number of hydrogen-bond donors (Lipinski definition) is 4. The van der Waals surface area contributed by atoms with E-state index in [9.17, 15) is 5.11 Å². The fraction of sp³-hybridized carbons (Fsp3) is 1.00. The Morgan fingerprint density at radius 2 is 2.11 bits per heavy atom. The quantitative estimate of drug-likeness (QED) is 0.342. The lowest BCUT2D eigenvalue weighted by Crippen LogP contribution is -2.43. The maximum atomic E-state index is 9.20. The summed E-state index contributed by atoms with van der Waals surface area (Å²) in [7, 11) is 0. The van der Waals surface area contributed by atoms with Gasteiger partial charge in [0, 0.05) is 13.0 Å². The first-order valence-electron chi connectivity index (χ1n) is 2.90. The molecule has 0 saturated heterocycles. The van der Waals surface area contributed by atoms with Crippen LogP contribution in [0.5, 0.6) is 0 Å². The van der Waals surface area contributed by atoms with Gasteiger partial charge in [-0.2, -0.15) is 0 Å². The minimum Gasteiger partial charge on any atom is -0.393 e. The van der Waals surface area contributed by atoms with E-state index >= 15 is 0 Å². The lowest BCUT2D eigenvalue weighted by atomic mass is 10.2. The van der Waals surface area contributed by atoms with Gasteiger partial charge in [-0.05, 0) is 0 Å². The van der Waals surface area contributed by atoms with Gasteiger partial charge in [-0.1, -0.05) is 0 Å². The lowest BCUT2D eigenvalue weighted by molar-refractivity contribution is 0.0546. The van der Waals surface area contributed by atoms with Crippen molar-refractivity contribution in [2.24, 2.45) is 11.5 Å². The molecular weight excluding hydrogens is 120 g/mol. The Morgan fingerprint density at radius 3 is 2.22 bits per heavy atom. The summed E-state index contributed by atoms with van der Waals surface area (Å²) >= 11 is 0. The van der Waals surface area contributed by atoms with Crippen LogP contribution < -0.4 is 11.5 Å². The molecule has 2 unspecified atom stereocenters. The van der Waals surface area contributed by atoms with Crippen molar-refractivity contribution >= 4 is 0 Å². The van der Waals surface area contributed by atoms with Crippen molar-refractivity contribution in [3.05, 3.63) is 0 Å². The maximum absolute atomic E-state index is 9.20. The van der Waals surface area contributed by atoms with E-state index in [0.29, 0.717) is 6.42 Å². The van der Waals surface area contributed by atoms with Gasteiger partial charge >= 0.3 is 0 Å². The van der Waals surface area contributed by atoms with Gasteiger partial charge < -0.3 is 21.7 Å². The fourth-order valence-electron chi connectivity index (χ4n) is 0.953. The second-order valence-electron chi connectivity index (χ2n) is 2.73. The number of rotatable bonds is 2. The summed E-state index contributed by atoms with van der Waals surface area (Å²) in [5.74, 6) is 0. The highest BCUT2D eigenvalue weighted by Gasteiger charge is 2.63. The molecule has 1 rings (SSSR count). The second-order valence-corrected chi connectivity index (χ2v) is 2.73. The summed E-state index contributed by atoms with van der Waals surface area (Å²) in [5.41, 5.74) is 8.91. The third kappa shape index (κ3) is 0.753. The van der Waals surface area contributed by atoms with Gasteiger partial charge in [0.25, 0.3) is 0 Å². The molecule has 0 aromatic rings. The molecule has 6 N–H and O–H groups in total. The number of aliphatic hydroxyl groups is 2. The lowest BCUT2D eigenvalue weighted by Gasteiger charge is -2.11. The minimum atomic E-state index is -1.10. The number of aliphatic hydroxyl groups excluding tert-OH is 1. The first-order valence-corrected chi connectivity index (χ1v) is 2.90. The summed E-state index contributed by atoms with van der Waals surface area (Å²) in [6.07, 6.45) is 0.410. The summed E-state index contributed by atoms with van der Waals surface area (Å²) in [4.78, 5) is 0. The van der Waals surface area contributed by atoms with Crippen molar-refractivity contribution in [3.8, 4) is 0 Å². The SMILES string of the molecule is NCC1(N)CC1(O)CO. The predicted molar refractivity (Wildman–Crippen MR) is 32.6 cm³/mol. The molecule has 0 radical (unpaired) electrons. The first-order chi connectivity index (χ1) is 4.08. The molecule has 0 heterocycles. The molecule has 2 atom stereocenters. The van der Waals surface area contributed by atoms with Gasteiger partial charge in [0.05, 0.1) is 12.1 Å². The standard InChI is InChI=1S/C5H12N2O2/c6-2-4(7)1-5(4,9)3-8/h8-9H,1-3,6-7H2. The molecule has 1 fully saturated rings. The van der Waals surface area contributed by atoms with Crippen molar-refractivity contribution in [2.45, 2.75) is 17.6 Å². The molecule has 0 spiro atoms. The van der Waals surface area contributed by atoms with Gasteiger partial charge in [0.15, 0.2) is 0 Å². The highest BCUT2D eigenvalue weighted by Crippen LogP contribution is 2.43. The molecule has 0 amide bonds. The smallest absolute Gasteiger partial charge is 0.109 e. The van der Waals surface area contributed by atoms with E-state index < -0.39 is 11.1 Å². The molecule has 0 aliphatic heterocycles. The Balaban J connectivity index is 2.54. The zero-order valence-corrected chi connectivity index (χ0v) is 5.17. The van der Waals surface area contributed by atoms with Gasteiger partial charge in [-0.15, -0.1) is 0 Å². The zero-order chi connectivity index (χ0) is 7.12. The Labute approximate surface area is 53.5 Å². The molecule has 4 heteroatoms. The molecular formula is C5H12N2O2. The molecule has 1 aliphatic carbocycles. The van der Waals surface area contributed by atoms with Crippen molar-refractivity contribution < 1.29 is 10.2 Å². The van der Waals surface area contributed by atoms with Crippen LogP contribution in [0.3, 0.4) is 0 Å². The van der Waals surface area contributed by atoms with E-state index in [-0.39, 0.29) is 13.2 Å². The van der Waals surface area contributed by atoms with Crippen LogP contribution in [0, 0.1) is 0 Å². The van der Waals surface area contributed by atoms with Crippen molar-refractivity contribution in [2.75, 3.05) is 13.2 Å². The maximum Gasteiger partial charge on any atom is 0.109 e. The van der Waals surface area contributed by atoms with Gasteiger partial charge in [0.2, 0.25) is 0 Å². The normalized spacial score (nSPS) is 49.3. The monoisotopic (exact) mass is 132 g/mol. The summed E-state index contributed by atoms with van der Waals surface area (Å²) in [6, 6.07) is 0. The molecule has 0 bridgehead atoms. The average molecular weight is 132 g/mol. The Bertz CT molecular complexity index is 116. The van der Waals surface area contributed by atoms with E-state index in [2.05, 4.69) is 0 Å². The second kappa shape index (κ2) is 1.67. The van der Waals surface area contributed by atoms with Crippen LogP contribution in [0.15, 0.2) is 0 Å². The molecule has 4 nitrogen and oxygen atoms in total. The Kier molecular flexibility index (Phi) is 1.29. The Morgan fingerprint density at radius 1 is 1.56 bits per heavy atom. The third-order valence-electron chi connectivity index (χ3n) is 2.04. The zero-order valence-electron chi connectivity index (χ0n) is 5.17. The summed E-state index contributed by atoms with van der Waals surface area (Å²) in [5, 5.41) is 17.7. The van der Waals surface area contributed by atoms with Crippen LogP contribution >= 0.6 is 0 Å². The van der Waals surface area contributed by atoms with Gasteiger partial charge in [-0.3, -0.25) is 0 Å². The van der Waals surface area contributed by atoms with E-state index in [1.54, 1.807) is 0 Å². The Hall–Kier alpha value is -0.160. The third-order valence-corrected chi connectivity index (χ3v) is 2.04. The van der Waals surface area contributed by atoms with E-state index in [1.165, 1.54) is 0 Å². The highest BCUT2D eigenvalue weighted by atomic mass is 16.3. The van der Waals surface area contributed by atoms with Crippen LogP contribution in [-0.4, -0.2) is 34.5 Å². The van der Waals surface area contributed by atoms with Crippen LogP contribution in [0.25, 0.3) is 0 Å². The van der Waals surface area contributed by atoms with Crippen molar-refractivity contribution in [1.29, 1.82) is 0 Å². The molecule has 1 saturated carbocycles. The van der Waals surface area contributed by atoms with Gasteiger partial charge in [0.1, 0.15) is 5.60 Å². The number of nitrogens with two attached hydrogens (primary N) is 2. The van der Waals surface area contributed by atoms with Crippen LogP contribution in [0.2, 0.25) is 0 Å². The van der Waals surface area contributed by atoms with Gasteiger partial charge in [-0.25, -0.2) is 0 Å². The molecule has 0 aromatic carbocycles. The van der Waals surface area contributed by atoms with Crippen LogP contribution in [-0.2, 0) is 0 Å². The predicted octanol–water partition coefficient (Wildman–Crippen LogP) is -2.23. The largest absolute Gasteiger partial charge is 0.393 e.